The second kappa shape index (κ2) is 7.15. The first-order chi connectivity index (χ1) is 10.3. The molecule has 1 fully saturated rings. The van der Waals surface area contributed by atoms with Gasteiger partial charge in [-0.3, -0.25) is 4.90 Å². The first-order valence-electron chi connectivity index (χ1n) is 7.24. The molecule has 0 aliphatic carbocycles. The van der Waals surface area contributed by atoms with Crippen LogP contribution < -0.4 is 5.32 Å². The molecule has 0 radical (unpaired) electrons. The van der Waals surface area contributed by atoms with Gasteiger partial charge in [0, 0.05) is 36.7 Å². The minimum Gasteiger partial charge on any atom is -0.314 e. The van der Waals surface area contributed by atoms with Crippen LogP contribution in [0, 0.1) is 0 Å². The maximum Gasteiger partial charge on any atom is 0.416 e. The maximum atomic E-state index is 13.1. The highest BCUT2D eigenvalue weighted by atomic mass is 79.9. The van der Waals surface area contributed by atoms with Crippen molar-refractivity contribution in [2.75, 3.05) is 26.2 Å². The van der Waals surface area contributed by atoms with E-state index in [9.17, 15) is 13.2 Å². The molecule has 6 heteroatoms. The summed E-state index contributed by atoms with van der Waals surface area (Å²) in [5.74, 6) is 0. The van der Waals surface area contributed by atoms with Crippen LogP contribution >= 0.6 is 15.9 Å². The highest BCUT2D eigenvalue weighted by Gasteiger charge is 2.32. The number of nitrogens with one attached hydrogen (secondary N) is 1. The highest BCUT2D eigenvalue weighted by molar-refractivity contribution is 9.10. The Morgan fingerprint density at radius 3 is 2.50 bits per heavy atom. The van der Waals surface area contributed by atoms with Crippen LogP contribution in [0.4, 0.5) is 13.2 Å². The van der Waals surface area contributed by atoms with Gasteiger partial charge in [-0.15, -0.1) is 6.58 Å². The van der Waals surface area contributed by atoms with Crippen molar-refractivity contribution < 1.29 is 13.2 Å². The van der Waals surface area contributed by atoms with Gasteiger partial charge in [0.25, 0.3) is 0 Å². The summed E-state index contributed by atoms with van der Waals surface area (Å²) in [6.07, 6.45) is -3.68. The van der Waals surface area contributed by atoms with Crippen LogP contribution in [0.1, 0.15) is 30.5 Å². The molecule has 0 aromatic heterocycles. The fourth-order valence-corrected chi connectivity index (χ4v) is 3.26. The van der Waals surface area contributed by atoms with Gasteiger partial charge < -0.3 is 5.32 Å². The normalized spacial score (nSPS) is 18.2. The van der Waals surface area contributed by atoms with Crippen molar-refractivity contribution in [3.8, 4) is 0 Å². The molecule has 1 saturated heterocycles. The molecule has 22 heavy (non-hydrogen) atoms. The summed E-state index contributed by atoms with van der Waals surface area (Å²) in [6, 6.07) is 4.10. The highest BCUT2D eigenvalue weighted by Crippen LogP contribution is 2.36. The fraction of sp³-hybridized carbons (Fsp3) is 0.500. The molecule has 0 amide bonds. The zero-order valence-electron chi connectivity index (χ0n) is 12.5. The van der Waals surface area contributed by atoms with Crippen molar-refractivity contribution >= 4 is 15.9 Å². The Morgan fingerprint density at radius 1 is 1.32 bits per heavy atom. The van der Waals surface area contributed by atoms with E-state index in [-0.39, 0.29) is 6.04 Å². The van der Waals surface area contributed by atoms with Gasteiger partial charge in [-0.2, -0.15) is 13.2 Å². The smallest absolute Gasteiger partial charge is 0.314 e. The Balaban J connectivity index is 2.37. The van der Waals surface area contributed by atoms with Gasteiger partial charge in [0.05, 0.1) is 5.56 Å². The second-order valence-electron chi connectivity index (χ2n) is 5.73. The number of alkyl halides is 3. The predicted molar refractivity (Wildman–Crippen MR) is 85.8 cm³/mol. The lowest BCUT2D eigenvalue weighted by molar-refractivity contribution is -0.137. The maximum absolute atomic E-state index is 13.1. The number of halogens is 4. The zero-order chi connectivity index (χ0) is 16.3. The van der Waals surface area contributed by atoms with Crippen molar-refractivity contribution in [2.45, 2.75) is 25.6 Å². The van der Waals surface area contributed by atoms with Gasteiger partial charge in [0.15, 0.2) is 0 Å². The Morgan fingerprint density at radius 2 is 1.95 bits per heavy atom. The summed E-state index contributed by atoms with van der Waals surface area (Å²) in [4.78, 5) is 2.23. The van der Waals surface area contributed by atoms with Crippen molar-refractivity contribution in [1.29, 1.82) is 0 Å². The van der Waals surface area contributed by atoms with Crippen LogP contribution in [0.5, 0.6) is 0 Å². The summed E-state index contributed by atoms with van der Waals surface area (Å²) >= 11 is 3.21. The number of hydrogen-bond acceptors (Lipinski definition) is 2. The van der Waals surface area contributed by atoms with E-state index in [1.165, 1.54) is 6.07 Å². The number of rotatable bonds is 4. The molecule has 1 N–H and O–H groups in total. The van der Waals surface area contributed by atoms with Crippen LogP contribution in [-0.2, 0) is 6.18 Å². The zero-order valence-corrected chi connectivity index (χ0v) is 14.1. The Labute approximate surface area is 137 Å². The van der Waals surface area contributed by atoms with E-state index in [2.05, 4.69) is 32.7 Å². The lowest BCUT2D eigenvalue weighted by Gasteiger charge is -2.35. The average Bonchev–Trinajstić information content (AvgIpc) is 2.44. The van der Waals surface area contributed by atoms with Crippen LogP contribution in [0.2, 0.25) is 0 Å². The molecule has 1 aromatic carbocycles. The van der Waals surface area contributed by atoms with Gasteiger partial charge in [-0.05, 0) is 37.1 Å². The second-order valence-corrected chi connectivity index (χ2v) is 6.65. The number of benzene rings is 1. The van der Waals surface area contributed by atoms with Crippen LogP contribution in [0.3, 0.4) is 0 Å². The van der Waals surface area contributed by atoms with Crippen molar-refractivity contribution in [1.82, 2.24) is 10.2 Å². The summed E-state index contributed by atoms with van der Waals surface area (Å²) in [6.45, 7) is 9.21. The van der Waals surface area contributed by atoms with Crippen molar-refractivity contribution in [3.63, 3.8) is 0 Å². The molecule has 1 aromatic rings. The quantitative estimate of drug-likeness (QED) is 0.784. The van der Waals surface area contributed by atoms with E-state index in [0.29, 0.717) is 16.5 Å². The third-order valence-electron chi connectivity index (χ3n) is 3.77. The van der Waals surface area contributed by atoms with E-state index < -0.39 is 11.7 Å². The number of piperazine rings is 1. The Bertz CT molecular complexity index is 537. The first kappa shape index (κ1) is 17.5. The average molecular weight is 377 g/mol. The first-order valence-corrected chi connectivity index (χ1v) is 8.03. The molecule has 0 bridgehead atoms. The van der Waals surface area contributed by atoms with E-state index in [1.54, 1.807) is 6.07 Å². The standard InChI is InChI=1S/C16H20BrF3N2/c1-11(2)7-15(22-5-3-21-4-6-22)12-8-13(16(18,19)20)10-14(17)9-12/h8-10,15,21H,1,3-7H2,2H3/t15-/m1/s1. The summed E-state index contributed by atoms with van der Waals surface area (Å²) in [5, 5.41) is 3.27. The molecule has 2 rings (SSSR count). The van der Waals surface area contributed by atoms with E-state index in [1.807, 2.05) is 6.92 Å². The van der Waals surface area contributed by atoms with E-state index >= 15 is 0 Å². The molecular weight excluding hydrogens is 357 g/mol. The van der Waals surface area contributed by atoms with Crippen LogP contribution in [-0.4, -0.2) is 31.1 Å². The molecular formula is C16H20BrF3N2. The van der Waals surface area contributed by atoms with Gasteiger partial charge in [-0.25, -0.2) is 0 Å². The number of nitrogens with zero attached hydrogens (tertiary/aromatic N) is 1. The minimum atomic E-state index is -4.34. The van der Waals surface area contributed by atoms with Gasteiger partial charge >= 0.3 is 6.18 Å². The molecule has 1 heterocycles. The molecule has 1 atom stereocenters. The third-order valence-corrected chi connectivity index (χ3v) is 4.22. The SMILES string of the molecule is C=C(C)C[C@H](c1cc(Br)cc(C(F)(F)F)c1)N1CCNCC1. The summed E-state index contributed by atoms with van der Waals surface area (Å²) < 4.78 is 39.6. The fourth-order valence-electron chi connectivity index (χ4n) is 2.75. The predicted octanol–water partition coefficient (Wildman–Crippen LogP) is 4.38. The monoisotopic (exact) mass is 376 g/mol. The van der Waals surface area contributed by atoms with Gasteiger partial charge in [0.1, 0.15) is 0 Å². The summed E-state index contributed by atoms with van der Waals surface area (Å²) in [7, 11) is 0. The van der Waals surface area contributed by atoms with Gasteiger partial charge in [0.2, 0.25) is 0 Å². The largest absolute Gasteiger partial charge is 0.416 e. The minimum absolute atomic E-state index is 0.0711. The third kappa shape index (κ3) is 4.57. The molecule has 0 unspecified atom stereocenters. The molecule has 0 spiro atoms. The molecule has 122 valence electrons. The summed E-state index contributed by atoms with van der Waals surface area (Å²) in [5.41, 5.74) is 1.04. The number of hydrogen-bond donors (Lipinski definition) is 1. The van der Waals surface area contributed by atoms with Crippen molar-refractivity contribution in [2.24, 2.45) is 0 Å². The topological polar surface area (TPSA) is 15.3 Å². The van der Waals surface area contributed by atoms with Gasteiger partial charge in [-0.1, -0.05) is 21.5 Å². The van der Waals surface area contributed by atoms with Crippen LogP contribution in [0.15, 0.2) is 34.8 Å². The van der Waals surface area contributed by atoms with Crippen molar-refractivity contribution in [3.05, 3.63) is 46.0 Å². The molecule has 1 aliphatic heterocycles. The van der Waals surface area contributed by atoms with E-state index in [4.69, 9.17) is 0 Å². The lowest BCUT2D eigenvalue weighted by atomic mass is 9.96. The Hall–Kier alpha value is -0.850. The molecule has 2 nitrogen and oxygen atoms in total. The van der Waals surface area contributed by atoms with Crippen LogP contribution in [0.25, 0.3) is 0 Å². The lowest BCUT2D eigenvalue weighted by Crippen LogP contribution is -2.45. The molecule has 1 aliphatic rings. The van der Waals surface area contributed by atoms with E-state index in [0.717, 1.165) is 37.8 Å². The Kier molecular flexibility index (Phi) is 5.69. The molecule has 0 saturated carbocycles.